The van der Waals surface area contributed by atoms with Crippen molar-refractivity contribution in [3.05, 3.63) is 12.2 Å². The maximum Gasteiger partial charge on any atom is 0.308 e. The second-order valence-corrected chi connectivity index (χ2v) is 16.9. The van der Waals surface area contributed by atoms with Gasteiger partial charge in [0, 0.05) is 52.6 Å². The number of carbonyl (C=O) groups excluding carboxylic acids is 2. The standard InChI is InChI=1S/C41H73NO17/c1-13-28-25(19-55-40-37(54-12)36(53-11)33(47)23(5)57-40)38(49)41(6,50)15-14-26(43)20(2)16-24(17-30(51-9)52-10)35(21(3)27(44)18-29(45)58-28)59-39-34(48)31(42(7)8)32(46)22(4)56-39/h14-15,20-25,27-28,30-40,44,46-50H,13,16-19H2,1-12H3/b15-14+/t20-,21+,22-,23-,24-,25?,27-,28-,31+,32-,33-,34-,35-,36-,37-,38?,39+,40-,41?/m1/s1. The molecule has 0 amide bonds. The highest BCUT2D eigenvalue weighted by atomic mass is 16.7. The fourth-order valence-corrected chi connectivity index (χ4v) is 8.49. The zero-order valence-electron chi connectivity index (χ0n) is 36.8. The van der Waals surface area contributed by atoms with Crippen molar-refractivity contribution in [2.24, 2.45) is 23.7 Å². The van der Waals surface area contributed by atoms with Crippen LogP contribution in [0.2, 0.25) is 0 Å². The molecule has 0 aromatic heterocycles. The molecule has 3 rings (SSSR count). The Morgan fingerprint density at radius 2 is 1.46 bits per heavy atom. The lowest BCUT2D eigenvalue weighted by Gasteiger charge is -2.47. The molecule has 59 heavy (non-hydrogen) atoms. The third-order valence-electron chi connectivity index (χ3n) is 12.3. The average Bonchev–Trinajstić information content (AvgIpc) is 3.18. The molecule has 0 aromatic carbocycles. The summed E-state index contributed by atoms with van der Waals surface area (Å²) in [6, 6.07) is -0.771. The third-order valence-corrected chi connectivity index (χ3v) is 12.3. The van der Waals surface area contributed by atoms with Gasteiger partial charge in [0.05, 0.1) is 55.7 Å². The molecule has 3 heterocycles. The number of cyclic esters (lactones) is 1. The number of hydrogen-bond donors (Lipinski definition) is 6. The van der Waals surface area contributed by atoms with Crippen LogP contribution in [0.4, 0.5) is 0 Å². The predicted molar refractivity (Wildman–Crippen MR) is 211 cm³/mol. The van der Waals surface area contributed by atoms with Crippen LogP contribution in [0.15, 0.2) is 12.2 Å². The molecule has 0 aromatic rings. The van der Waals surface area contributed by atoms with Crippen molar-refractivity contribution < 1.29 is 82.9 Å². The number of hydrogen-bond acceptors (Lipinski definition) is 18. The summed E-state index contributed by atoms with van der Waals surface area (Å²) in [5.74, 6) is -4.52. The minimum atomic E-state index is -2.05. The molecule has 6 N–H and O–H groups in total. The molecule has 0 aliphatic carbocycles. The Hall–Kier alpha value is -1.72. The van der Waals surface area contributed by atoms with E-state index in [2.05, 4.69) is 0 Å². The number of esters is 1. The second-order valence-electron chi connectivity index (χ2n) is 16.9. The van der Waals surface area contributed by atoms with Crippen molar-refractivity contribution >= 4 is 11.8 Å². The minimum Gasteiger partial charge on any atom is -0.462 e. The lowest BCUT2D eigenvalue weighted by molar-refractivity contribution is -0.307. The first kappa shape index (κ1) is 51.6. The molecule has 18 heteroatoms. The van der Waals surface area contributed by atoms with Gasteiger partial charge in [0.15, 0.2) is 24.7 Å². The summed E-state index contributed by atoms with van der Waals surface area (Å²) in [5, 5.41) is 68.3. The largest absolute Gasteiger partial charge is 0.462 e. The number of nitrogens with zero attached hydrogens (tertiary/aromatic N) is 1. The van der Waals surface area contributed by atoms with Crippen LogP contribution in [-0.2, 0) is 52.2 Å². The van der Waals surface area contributed by atoms with Gasteiger partial charge in [0.1, 0.15) is 36.1 Å². The minimum absolute atomic E-state index is 0.132. The average molecular weight is 852 g/mol. The molecule has 0 spiro atoms. The molecule has 2 saturated heterocycles. The summed E-state index contributed by atoms with van der Waals surface area (Å²) >= 11 is 0. The van der Waals surface area contributed by atoms with Gasteiger partial charge in [-0.05, 0) is 65.8 Å². The monoisotopic (exact) mass is 851 g/mol. The van der Waals surface area contributed by atoms with Gasteiger partial charge in [-0.25, -0.2) is 0 Å². The van der Waals surface area contributed by atoms with Crippen LogP contribution < -0.4 is 0 Å². The Morgan fingerprint density at radius 1 is 0.864 bits per heavy atom. The Balaban J connectivity index is 2.07. The van der Waals surface area contributed by atoms with E-state index in [0.29, 0.717) is 0 Å². The lowest BCUT2D eigenvalue weighted by Crippen LogP contribution is -2.63. The van der Waals surface area contributed by atoms with Crippen LogP contribution >= 0.6 is 0 Å². The number of aliphatic hydroxyl groups is 6. The molecular weight excluding hydrogens is 778 g/mol. The van der Waals surface area contributed by atoms with Crippen LogP contribution in [0.25, 0.3) is 0 Å². The van der Waals surface area contributed by atoms with Gasteiger partial charge >= 0.3 is 5.97 Å². The van der Waals surface area contributed by atoms with E-state index in [1.807, 2.05) is 0 Å². The maximum atomic E-state index is 13.8. The summed E-state index contributed by atoms with van der Waals surface area (Å²) in [4.78, 5) is 29.3. The van der Waals surface area contributed by atoms with E-state index >= 15 is 0 Å². The van der Waals surface area contributed by atoms with E-state index in [9.17, 15) is 40.2 Å². The first-order chi connectivity index (χ1) is 27.7. The number of methoxy groups -OCH3 is 4. The normalized spacial score (nSPS) is 44.1. The molecule has 19 atom stereocenters. The highest BCUT2D eigenvalue weighted by Gasteiger charge is 2.49. The van der Waals surface area contributed by atoms with E-state index in [1.54, 1.807) is 53.6 Å². The van der Waals surface area contributed by atoms with Gasteiger partial charge in [0.2, 0.25) is 0 Å². The molecule has 0 radical (unpaired) electrons. The van der Waals surface area contributed by atoms with Crippen LogP contribution in [0.1, 0.15) is 67.2 Å². The van der Waals surface area contributed by atoms with E-state index in [1.165, 1.54) is 47.5 Å². The maximum absolute atomic E-state index is 13.8. The summed E-state index contributed by atoms with van der Waals surface area (Å²) in [5.41, 5.74) is -2.05. The fraction of sp³-hybridized carbons (Fsp3) is 0.902. The first-order valence-corrected chi connectivity index (χ1v) is 20.6. The summed E-state index contributed by atoms with van der Waals surface area (Å²) in [7, 11) is 9.15. The highest BCUT2D eigenvalue weighted by molar-refractivity contribution is 5.91. The van der Waals surface area contributed by atoms with Crippen molar-refractivity contribution in [3.63, 3.8) is 0 Å². The van der Waals surface area contributed by atoms with Gasteiger partial charge < -0.3 is 78.2 Å². The van der Waals surface area contributed by atoms with Crippen LogP contribution in [-0.4, -0.2) is 194 Å². The molecule has 3 aliphatic rings. The fourth-order valence-electron chi connectivity index (χ4n) is 8.49. The second kappa shape index (κ2) is 23.1. The topological polar surface area (TPSA) is 242 Å². The molecule has 18 nitrogen and oxygen atoms in total. The van der Waals surface area contributed by atoms with Crippen LogP contribution in [0.3, 0.4) is 0 Å². The summed E-state index contributed by atoms with van der Waals surface area (Å²) < 4.78 is 52.8. The molecule has 344 valence electrons. The van der Waals surface area contributed by atoms with Crippen molar-refractivity contribution in [2.75, 3.05) is 49.1 Å². The van der Waals surface area contributed by atoms with E-state index < -0.39 is 140 Å². The Morgan fingerprint density at radius 3 is 2.02 bits per heavy atom. The molecule has 0 bridgehead atoms. The van der Waals surface area contributed by atoms with Gasteiger partial charge in [0.25, 0.3) is 0 Å². The zero-order chi connectivity index (χ0) is 44.5. The van der Waals surface area contributed by atoms with Crippen molar-refractivity contribution in [1.29, 1.82) is 0 Å². The van der Waals surface area contributed by atoms with Crippen molar-refractivity contribution in [3.8, 4) is 0 Å². The Bertz CT molecular complexity index is 1320. The van der Waals surface area contributed by atoms with Crippen molar-refractivity contribution in [1.82, 2.24) is 4.90 Å². The molecule has 2 fully saturated rings. The molecule has 3 aliphatic heterocycles. The lowest BCUT2D eigenvalue weighted by atomic mass is 9.79. The summed E-state index contributed by atoms with van der Waals surface area (Å²) in [6.07, 6.45) is -12.6. The van der Waals surface area contributed by atoms with Gasteiger partial charge in [-0.1, -0.05) is 20.8 Å². The smallest absolute Gasteiger partial charge is 0.308 e. The molecule has 0 saturated carbocycles. The SMILES string of the molecule is CC[C@H]1OC(=O)C[C@@H](O)[C@H](C)[C@@H](O[C@@H]2O[C@H](C)[C@@H](O)[C@H](N(C)C)[C@H]2O)[C@@H](CC(OC)OC)C[C@@H](C)C(=O)/C=C/C(C)(O)C(O)C1CO[C@@H]1O[C@H](C)[C@@H](O)[C@@H](OC)[C@H]1OC. The van der Waals surface area contributed by atoms with E-state index in [4.69, 9.17) is 42.6 Å². The Labute approximate surface area is 349 Å². The number of ether oxygens (including phenoxy) is 9. The predicted octanol–water partition coefficient (Wildman–Crippen LogP) is 0.148. The van der Waals surface area contributed by atoms with Gasteiger partial charge in [-0.3, -0.25) is 9.59 Å². The first-order valence-electron chi connectivity index (χ1n) is 20.6. The Kier molecular flexibility index (Phi) is 20.2. The number of allylic oxidation sites excluding steroid dienone is 1. The van der Waals surface area contributed by atoms with Gasteiger partial charge in [-0.2, -0.15) is 0 Å². The number of likely N-dealkylation sites (N-methyl/N-ethyl adjacent to an activating group) is 1. The number of aliphatic hydroxyl groups excluding tert-OH is 5. The van der Waals surface area contributed by atoms with Crippen LogP contribution in [0, 0.1) is 23.7 Å². The third kappa shape index (κ3) is 12.9. The molecular formula is C41H73NO17. The molecule has 3 unspecified atom stereocenters. The van der Waals surface area contributed by atoms with Crippen LogP contribution in [0.5, 0.6) is 0 Å². The summed E-state index contributed by atoms with van der Waals surface area (Å²) in [6.45, 7) is 9.35. The number of ketones is 1. The van der Waals surface area contributed by atoms with Gasteiger partial charge in [-0.15, -0.1) is 0 Å². The highest BCUT2D eigenvalue weighted by Crippen LogP contribution is 2.36. The number of carbonyl (C=O) groups is 2. The van der Waals surface area contributed by atoms with Crippen molar-refractivity contribution in [2.45, 2.75) is 165 Å². The zero-order valence-corrected chi connectivity index (χ0v) is 36.8. The number of rotatable bonds is 13. The quantitative estimate of drug-likeness (QED) is 0.107. The van der Waals surface area contributed by atoms with E-state index in [-0.39, 0.29) is 25.9 Å². The van der Waals surface area contributed by atoms with E-state index in [0.717, 1.165) is 0 Å².